The number of thiazole rings is 1. The maximum absolute atomic E-state index is 12.3. The minimum Gasteiger partial charge on any atom is -0.397 e. The number of benzene rings is 1. The van der Waals surface area contributed by atoms with E-state index in [4.69, 9.17) is 5.73 Å². The summed E-state index contributed by atoms with van der Waals surface area (Å²) in [4.78, 5) is 20.1. The van der Waals surface area contributed by atoms with Gasteiger partial charge in [0.05, 0.1) is 29.1 Å². The molecule has 0 aliphatic heterocycles. The standard InChI is InChI=1S/C14H18N4OS/c1-17(2)13-5-4-10(6-12(13)15)14(19)18(3)7-11-8-20-9-16-11/h4-6,8-9H,7,15H2,1-3H3. The topological polar surface area (TPSA) is 62.5 Å². The summed E-state index contributed by atoms with van der Waals surface area (Å²) in [6.07, 6.45) is 0. The number of hydrogen-bond donors (Lipinski definition) is 1. The van der Waals surface area contributed by atoms with Crippen LogP contribution in [0.3, 0.4) is 0 Å². The summed E-state index contributed by atoms with van der Waals surface area (Å²) >= 11 is 1.52. The maximum Gasteiger partial charge on any atom is 0.254 e. The zero-order valence-corrected chi connectivity index (χ0v) is 12.6. The molecule has 20 heavy (non-hydrogen) atoms. The van der Waals surface area contributed by atoms with Gasteiger partial charge in [0.1, 0.15) is 0 Å². The van der Waals surface area contributed by atoms with Gasteiger partial charge in [-0.15, -0.1) is 11.3 Å². The Bertz CT molecular complexity index is 595. The highest BCUT2D eigenvalue weighted by Crippen LogP contribution is 2.23. The highest BCUT2D eigenvalue weighted by atomic mass is 32.1. The molecule has 1 aromatic heterocycles. The Morgan fingerprint density at radius 2 is 2.10 bits per heavy atom. The fourth-order valence-corrected chi connectivity index (χ4v) is 2.50. The number of amides is 1. The summed E-state index contributed by atoms with van der Waals surface area (Å²) in [5.74, 6) is -0.0602. The fourth-order valence-electron chi connectivity index (χ4n) is 1.95. The Labute approximate surface area is 122 Å². The zero-order valence-electron chi connectivity index (χ0n) is 11.8. The van der Waals surface area contributed by atoms with E-state index < -0.39 is 0 Å². The summed E-state index contributed by atoms with van der Waals surface area (Å²) in [6, 6.07) is 5.38. The van der Waals surface area contributed by atoms with Gasteiger partial charge in [0.2, 0.25) is 0 Å². The van der Waals surface area contributed by atoms with Crippen LogP contribution in [0.5, 0.6) is 0 Å². The Hall–Kier alpha value is -2.08. The molecular weight excluding hydrogens is 272 g/mol. The number of carbonyl (C=O) groups is 1. The molecule has 2 aromatic rings. The van der Waals surface area contributed by atoms with Crippen molar-refractivity contribution in [1.29, 1.82) is 0 Å². The second-order valence-electron chi connectivity index (χ2n) is 4.81. The van der Waals surface area contributed by atoms with E-state index in [-0.39, 0.29) is 5.91 Å². The van der Waals surface area contributed by atoms with Crippen molar-refractivity contribution in [3.05, 3.63) is 40.3 Å². The van der Waals surface area contributed by atoms with E-state index in [1.165, 1.54) is 11.3 Å². The number of rotatable bonds is 4. The molecular formula is C14H18N4OS. The van der Waals surface area contributed by atoms with Crippen molar-refractivity contribution >= 4 is 28.6 Å². The predicted octanol–water partition coefficient (Wildman–Crippen LogP) is 2.06. The van der Waals surface area contributed by atoms with Gasteiger partial charge < -0.3 is 15.5 Å². The second kappa shape index (κ2) is 5.92. The molecule has 0 atom stereocenters. The molecule has 0 bridgehead atoms. The largest absolute Gasteiger partial charge is 0.397 e. The maximum atomic E-state index is 12.3. The third-order valence-electron chi connectivity index (χ3n) is 2.99. The number of anilines is 2. The number of aromatic nitrogens is 1. The summed E-state index contributed by atoms with van der Waals surface area (Å²) in [5, 5.41) is 1.94. The molecule has 5 nitrogen and oxygen atoms in total. The molecule has 0 spiro atoms. The molecule has 0 aliphatic rings. The van der Waals surface area contributed by atoms with Crippen LogP contribution in [0.2, 0.25) is 0 Å². The van der Waals surface area contributed by atoms with E-state index in [2.05, 4.69) is 4.98 Å². The van der Waals surface area contributed by atoms with Crippen LogP contribution in [-0.4, -0.2) is 36.9 Å². The molecule has 0 saturated carbocycles. The normalized spacial score (nSPS) is 10.3. The van der Waals surface area contributed by atoms with Gasteiger partial charge in [-0.25, -0.2) is 4.98 Å². The number of nitrogen functional groups attached to an aromatic ring is 1. The molecule has 0 fully saturated rings. The van der Waals surface area contributed by atoms with E-state index >= 15 is 0 Å². The van der Waals surface area contributed by atoms with Gasteiger partial charge in [-0.2, -0.15) is 0 Å². The van der Waals surface area contributed by atoms with Gasteiger partial charge in [0, 0.05) is 32.1 Å². The summed E-state index contributed by atoms with van der Waals surface area (Å²) in [5.41, 5.74) is 10.7. The van der Waals surface area contributed by atoms with Crippen LogP contribution in [-0.2, 0) is 6.54 Å². The van der Waals surface area contributed by atoms with Gasteiger partial charge >= 0.3 is 0 Å². The lowest BCUT2D eigenvalue weighted by Gasteiger charge is -2.19. The molecule has 1 aromatic carbocycles. The van der Waals surface area contributed by atoms with Crippen LogP contribution in [0.4, 0.5) is 11.4 Å². The number of nitrogens with zero attached hydrogens (tertiary/aromatic N) is 3. The summed E-state index contributed by atoms with van der Waals surface area (Å²) in [6.45, 7) is 0.498. The fraction of sp³-hybridized carbons (Fsp3) is 0.286. The molecule has 106 valence electrons. The van der Waals surface area contributed by atoms with Gasteiger partial charge in [-0.1, -0.05) is 0 Å². The first-order chi connectivity index (χ1) is 9.49. The zero-order chi connectivity index (χ0) is 14.7. The van der Waals surface area contributed by atoms with Crippen molar-refractivity contribution < 1.29 is 4.79 Å². The molecule has 0 unspecified atom stereocenters. The van der Waals surface area contributed by atoms with Gasteiger partial charge in [-0.3, -0.25) is 4.79 Å². The lowest BCUT2D eigenvalue weighted by atomic mass is 10.1. The Morgan fingerprint density at radius 3 is 2.65 bits per heavy atom. The van der Waals surface area contributed by atoms with Crippen molar-refractivity contribution in [2.45, 2.75) is 6.54 Å². The Kier molecular flexibility index (Phi) is 4.24. The molecule has 1 heterocycles. The molecule has 0 saturated heterocycles. The number of nitrogens with two attached hydrogens (primary N) is 1. The summed E-state index contributed by atoms with van der Waals surface area (Å²) < 4.78 is 0. The lowest BCUT2D eigenvalue weighted by molar-refractivity contribution is 0.0783. The molecule has 0 radical (unpaired) electrons. The van der Waals surface area contributed by atoms with Crippen molar-refractivity contribution in [3.8, 4) is 0 Å². The van der Waals surface area contributed by atoms with E-state index in [1.54, 1.807) is 29.6 Å². The molecule has 0 aliphatic carbocycles. The van der Waals surface area contributed by atoms with Crippen molar-refractivity contribution in [2.75, 3.05) is 31.8 Å². The van der Waals surface area contributed by atoms with E-state index in [9.17, 15) is 4.79 Å². The highest BCUT2D eigenvalue weighted by Gasteiger charge is 2.14. The highest BCUT2D eigenvalue weighted by molar-refractivity contribution is 7.07. The van der Waals surface area contributed by atoms with Crippen LogP contribution in [0, 0.1) is 0 Å². The molecule has 1 amide bonds. The van der Waals surface area contributed by atoms with Crippen molar-refractivity contribution in [2.24, 2.45) is 0 Å². The molecule has 2 N–H and O–H groups in total. The van der Waals surface area contributed by atoms with E-state index in [0.29, 0.717) is 17.8 Å². The number of hydrogen-bond acceptors (Lipinski definition) is 5. The van der Waals surface area contributed by atoms with Crippen LogP contribution < -0.4 is 10.6 Å². The van der Waals surface area contributed by atoms with Gasteiger partial charge in [0.15, 0.2) is 0 Å². The quantitative estimate of drug-likeness (QED) is 0.876. The minimum atomic E-state index is -0.0602. The van der Waals surface area contributed by atoms with E-state index in [0.717, 1.165) is 11.4 Å². The second-order valence-corrected chi connectivity index (χ2v) is 5.53. The average molecular weight is 290 g/mol. The first kappa shape index (κ1) is 14.3. The monoisotopic (exact) mass is 290 g/mol. The third kappa shape index (κ3) is 3.08. The third-order valence-corrected chi connectivity index (χ3v) is 3.62. The van der Waals surface area contributed by atoms with Crippen LogP contribution in [0.15, 0.2) is 29.1 Å². The van der Waals surface area contributed by atoms with Gasteiger partial charge in [0.25, 0.3) is 5.91 Å². The van der Waals surface area contributed by atoms with Crippen molar-refractivity contribution in [1.82, 2.24) is 9.88 Å². The first-order valence-corrected chi connectivity index (χ1v) is 7.12. The Balaban J connectivity index is 2.14. The number of carbonyl (C=O) groups excluding carboxylic acids is 1. The molecule has 2 rings (SSSR count). The Morgan fingerprint density at radius 1 is 1.35 bits per heavy atom. The average Bonchev–Trinajstić information content (AvgIpc) is 2.90. The SMILES string of the molecule is CN(Cc1cscn1)C(=O)c1ccc(N(C)C)c(N)c1. The van der Waals surface area contributed by atoms with E-state index in [1.807, 2.05) is 30.4 Å². The predicted molar refractivity (Wildman–Crippen MR) is 83.1 cm³/mol. The minimum absolute atomic E-state index is 0.0602. The van der Waals surface area contributed by atoms with Crippen molar-refractivity contribution in [3.63, 3.8) is 0 Å². The van der Waals surface area contributed by atoms with Gasteiger partial charge in [-0.05, 0) is 18.2 Å². The summed E-state index contributed by atoms with van der Waals surface area (Å²) in [7, 11) is 5.60. The lowest BCUT2D eigenvalue weighted by Crippen LogP contribution is -2.26. The van der Waals surface area contributed by atoms with Crippen LogP contribution >= 0.6 is 11.3 Å². The van der Waals surface area contributed by atoms with Crippen LogP contribution in [0.1, 0.15) is 16.1 Å². The first-order valence-electron chi connectivity index (χ1n) is 6.18. The van der Waals surface area contributed by atoms with Crippen LogP contribution in [0.25, 0.3) is 0 Å². The smallest absolute Gasteiger partial charge is 0.254 e. The molecule has 6 heteroatoms.